The van der Waals surface area contributed by atoms with Gasteiger partial charge in [-0.05, 0) is 79.5 Å². The fourth-order valence-electron chi connectivity index (χ4n) is 6.58. The van der Waals surface area contributed by atoms with Gasteiger partial charge in [-0.25, -0.2) is 4.98 Å². The van der Waals surface area contributed by atoms with E-state index in [-0.39, 0.29) is 11.3 Å². The monoisotopic (exact) mass is 522 g/mol. The van der Waals surface area contributed by atoms with E-state index in [0.717, 1.165) is 60.5 Å². The molecule has 0 radical (unpaired) electrons. The predicted molar refractivity (Wildman–Crippen MR) is 149 cm³/mol. The molecule has 1 atom stereocenters. The van der Waals surface area contributed by atoms with E-state index >= 15 is 0 Å². The maximum atomic E-state index is 13.5. The molecule has 200 valence electrons. The van der Waals surface area contributed by atoms with E-state index in [1.54, 1.807) is 6.33 Å². The Kier molecular flexibility index (Phi) is 6.65. The topological polar surface area (TPSA) is 116 Å². The number of aromatic amines is 1. The molecule has 1 aliphatic carbocycles. The molecule has 3 aromatic heterocycles. The van der Waals surface area contributed by atoms with Crippen molar-refractivity contribution >= 4 is 22.6 Å². The second-order valence-electron chi connectivity index (χ2n) is 11.4. The Balaban J connectivity index is 1.26. The van der Waals surface area contributed by atoms with Crippen LogP contribution in [0.3, 0.4) is 0 Å². The first kappa shape index (κ1) is 25.3. The highest BCUT2D eigenvalue weighted by atomic mass is 16.1. The maximum Gasteiger partial charge on any atom is 0.274 e. The van der Waals surface area contributed by atoms with E-state index in [1.165, 1.54) is 12.8 Å². The number of nitriles is 1. The molecule has 39 heavy (non-hydrogen) atoms. The molecule has 1 aliphatic heterocycles. The summed E-state index contributed by atoms with van der Waals surface area (Å²) in [5, 5.41) is 20.8. The molecule has 6 rings (SSSR count). The number of piperidine rings is 1. The minimum Gasteiger partial charge on any atom is -0.360 e. The van der Waals surface area contributed by atoms with Gasteiger partial charge in [0, 0.05) is 38.4 Å². The number of pyridine rings is 1. The van der Waals surface area contributed by atoms with Gasteiger partial charge >= 0.3 is 0 Å². The van der Waals surface area contributed by atoms with Crippen LogP contribution in [0.25, 0.3) is 11.0 Å². The third kappa shape index (κ3) is 4.81. The smallest absolute Gasteiger partial charge is 0.274 e. The molecule has 0 bridgehead atoms. The van der Waals surface area contributed by atoms with E-state index < -0.39 is 0 Å². The van der Waals surface area contributed by atoms with Crippen molar-refractivity contribution in [3.63, 3.8) is 0 Å². The van der Waals surface area contributed by atoms with Crippen LogP contribution in [0.4, 0.5) is 5.69 Å². The van der Waals surface area contributed by atoms with E-state index in [0.29, 0.717) is 29.6 Å². The first-order chi connectivity index (χ1) is 18.9. The lowest BCUT2D eigenvalue weighted by atomic mass is 9.57. The molecule has 0 unspecified atom stereocenters. The number of hydrogen-bond donors (Lipinski definition) is 2. The number of likely N-dealkylation sites (tertiary alicyclic amines) is 1. The summed E-state index contributed by atoms with van der Waals surface area (Å²) in [6, 6.07) is 14.1. The summed E-state index contributed by atoms with van der Waals surface area (Å²) in [7, 11) is 1.95. The molecule has 1 aromatic carbocycles. The second kappa shape index (κ2) is 10.3. The van der Waals surface area contributed by atoms with E-state index in [2.05, 4.69) is 49.4 Å². The molecule has 2 aliphatic rings. The molecular formula is C30H34N8O. The third-order valence-electron chi connectivity index (χ3n) is 8.43. The Morgan fingerprint density at radius 2 is 2.15 bits per heavy atom. The quantitative estimate of drug-likeness (QED) is 0.361. The number of carbonyl (C=O) groups is 1. The number of aromatic nitrogens is 5. The number of hydrogen-bond acceptors (Lipinski definition) is 6. The number of aryl methyl sites for hydroxylation is 1. The number of nitrogens with zero attached hydrogens (tertiary/aromatic N) is 6. The highest BCUT2D eigenvalue weighted by molar-refractivity contribution is 6.04. The third-order valence-corrected chi connectivity index (χ3v) is 8.43. The number of rotatable bonds is 7. The Labute approximate surface area is 228 Å². The van der Waals surface area contributed by atoms with Gasteiger partial charge in [-0.15, -0.1) is 10.2 Å². The Morgan fingerprint density at radius 1 is 1.28 bits per heavy atom. The Hall–Kier alpha value is -4.03. The SMILES string of the molecule is C[C@H]1CCCN(Cc2cc(C(=O)Nc3cccc(C4(c5nncn5C)CC(CC#N)C4)c3)nc3cc[nH]c23)C1. The number of benzene rings is 1. The fraction of sp³-hybridized carbons (Fsp3) is 0.433. The molecule has 2 N–H and O–H groups in total. The van der Waals surface area contributed by atoms with Gasteiger partial charge in [0.15, 0.2) is 0 Å². The summed E-state index contributed by atoms with van der Waals surface area (Å²) in [6.07, 6.45) is 8.26. The Bertz CT molecular complexity index is 1540. The molecule has 1 amide bonds. The highest BCUT2D eigenvalue weighted by Gasteiger charge is 2.49. The van der Waals surface area contributed by atoms with Crippen molar-refractivity contribution in [3.8, 4) is 6.07 Å². The minimum absolute atomic E-state index is 0.229. The van der Waals surface area contributed by atoms with Crippen molar-refractivity contribution in [1.82, 2.24) is 29.6 Å². The fourth-order valence-corrected chi connectivity index (χ4v) is 6.58. The molecule has 2 fully saturated rings. The normalized spacial score (nSPS) is 23.3. The van der Waals surface area contributed by atoms with Crippen molar-refractivity contribution in [2.75, 3.05) is 18.4 Å². The van der Waals surface area contributed by atoms with Gasteiger partial charge in [0.05, 0.1) is 22.5 Å². The number of anilines is 1. The molecule has 1 saturated carbocycles. The number of amides is 1. The van der Waals surface area contributed by atoms with Crippen LogP contribution in [0.15, 0.2) is 48.9 Å². The van der Waals surface area contributed by atoms with Crippen molar-refractivity contribution in [3.05, 3.63) is 71.6 Å². The molecule has 9 heteroatoms. The summed E-state index contributed by atoms with van der Waals surface area (Å²) in [4.78, 5) is 23.9. The van der Waals surface area contributed by atoms with Crippen LogP contribution in [0.5, 0.6) is 0 Å². The lowest BCUT2D eigenvalue weighted by Gasteiger charge is -2.46. The van der Waals surface area contributed by atoms with Crippen LogP contribution in [-0.2, 0) is 19.0 Å². The summed E-state index contributed by atoms with van der Waals surface area (Å²) in [5.41, 5.74) is 4.76. The van der Waals surface area contributed by atoms with Crippen LogP contribution in [0.2, 0.25) is 0 Å². The van der Waals surface area contributed by atoms with Gasteiger partial charge in [0.2, 0.25) is 0 Å². The Morgan fingerprint density at radius 3 is 2.92 bits per heavy atom. The van der Waals surface area contributed by atoms with E-state index in [1.807, 2.05) is 48.1 Å². The van der Waals surface area contributed by atoms with Crippen LogP contribution < -0.4 is 5.32 Å². The van der Waals surface area contributed by atoms with Crippen molar-refractivity contribution in [2.24, 2.45) is 18.9 Å². The van der Waals surface area contributed by atoms with E-state index in [4.69, 9.17) is 0 Å². The van der Waals surface area contributed by atoms with Crippen LogP contribution in [0, 0.1) is 23.2 Å². The number of nitrogens with one attached hydrogen (secondary N) is 2. The average Bonchev–Trinajstić information content (AvgIpc) is 3.55. The van der Waals surface area contributed by atoms with Gasteiger partial charge in [0.1, 0.15) is 17.8 Å². The average molecular weight is 523 g/mol. The summed E-state index contributed by atoms with van der Waals surface area (Å²) < 4.78 is 1.95. The minimum atomic E-state index is -0.325. The number of fused-ring (bicyclic) bond motifs is 1. The molecule has 9 nitrogen and oxygen atoms in total. The zero-order valence-corrected chi connectivity index (χ0v) is 22.5. The van der Waals surface area contributed by atoms with Crippen molar-refractivity contribution < 1.29 is 4.79 Å². The molecular weight excluding hydrogens is 488 g/mol. The van der Waals surface area contributed by atoms with Crippen LogP contribution in [-0.4, -0.2) is 48.6 Å². The lowest BCUT2D eigenvalue weighted by molar-refractivity contribution is 0.102. The summed E-state index contributed by atoms with van der Waals surface area (Å²) in [6.45, 7) is 5.24. The van der Waals surface area contributed by atoms with Gasteiger partial charge < -0.3 is 14.9 Å². The van der Waals surface area contributed by atoms with Crippen molar-refractivity contribution in [1.29, 1.82) is 5.26 Å². The van der Waals surface area contributed by atoms with Gasteiger partial charge in [-0.3, -0.25) is 9.69 Å². The summed E-state index contributed by atoms with van der Waals surface area (Å²) in [5.74, 6) is 1.66. The van der Waals surface area contributed by atoms with E-state index in [9.17, 15) is 10.1 Å². The predicted octanol–water partition coefficient (Wildman–Crippen LogP) is 4.79. The molecule has 4 aromatic rings. The van der Waals surface area contributed by atoms with Gasteiger partial charge in [-0.2, -0.15) is 5.26 Å². The van der Waals surface area contributed by atoms with Crippen LogP contribution in [0.1, 0.15) is 66.5 Å². The molecule has 0 spiro atoms. The van der Waals surface area contributed by atoms with Gasteiger partial charge in [-0.1, -0.05) is 19.1 Å². The zero-order valence-electron chi connectivity index (χ0n) is 22.5. The van der Waals surface area contributed by atoms with Gasteiger partial charge in [0.25, 0.3) is 5.91 Å². The lowest BCUT2D eigenvalue weighted by Crippen LogP contribution is -2.44. The first-order valence-corrected chi connectivity index (χ1v) is 13.8. The van der Waals surface area contributed by atoms with Crippen LogP contribution >= 0.6 is 0 Å². The standard InChI is InChI=1S/C30H34N8O/c1-20-5-4-12-38(17-20)18-22-13-26(35-25-9-11-32-27(22)25)28(39)34-24-7-3-6-23(14-24)30(15-21(16-30)8-10-31)29-36-33-19-37(29)2/h3,6-7,9,11,13-14,19-21,32H,4-5,8,12,15-18H2,1-2H3,(H,34,39)/t20-,21?,30?/m0/s1. The molecule has 1 saturated heterocycles. The number of carbonyl (C=O) groups excluding carboxylic acids is 1. The first-order valence-electron chi connectivity index (χ1n) is 13.8. The second-order valence-corrected chi connectivity index (χ2v) is 11.4. The highest BCUT2D eigenvalue weighted by Crippen LogP contribution is 2.53. The largest absolute Gasteiger partial charge is 0.360 e. The summed E-state index contributed by atoms with van der Waals surface area (Å²) >= 11 is 0. The molecule has 4 heterocycles. The maximum absolute atomic E-state index is 13.5. The number of H-pyrrole nitrogens is 1. The van der Waals surface area contributed by atoms with Crippen molar-refractivity contribution in [2.45, 2.75) is 51.0 Å². The zero-order chi connectivity index (χ0) is 27.0.